The van der Waals surface area contributed by atoms with Crippen molar-refractivity contribution in [1.82, 2.24) is 25.4 Å². The maximum absolute atomic E-state index is 12.1. The van der Waals surface area contributed by atoms with E-state index in [0.717, 1.165) is 30.0 Å². The number of halogens is 1. The van der Waals surface area contributed by atoms with Crippen molar-refractivity contribution in [2.75, 3.05) is 11.9 Å². The summed E-state index contributed by atoms with van der Waals surface area (Å²) in [5, 5.41) is 13.5. The zero-order valence-corrected chi connectivity index (χ0v) is 19.2. The zero-order valence-electron chi connectivity index (χ0n) is 16.9. The third-order valence-electron chi connectivity index (χ3n) is 4.24. The van der Waals surface area contributed by atoms with Gasteiger partial charge in [-0.3, -0.25) is 9.48 Å². The lowest BCUT2D eigenvalue weighted by atomic mass is 10.1. The van der Waals surface area contributed by atoms with Crippen LogP contribution in [0.5, 0.6) is 0 Å². The van der Waals surface area contributed by atoms with Gasteiger partial charge in [0.05, 0.1) is 13.1 Å². The van der Waals surface area contributed by atoms with Crippen molar-refractivity contribution in [2.24, 2.45) is 18.0 Å². The molecule has 8 nitrogen and oxygen atoms in total. The van der Waals surface area contributed by atoms with Gasteiger partial charge in [-0.1, -0.05) is 26.0 Å². The predicted molar refractivity (Wildman–Crippen MR) is 123 cm³/mol. The van der Waals surface area contributed by atoms with Gasteiger partial charge in [0, 0.05) is 25.2 Å². The molecule has 1 aromatic heterocycles. The molecule has 0 fully saturated rings. The fourth-order valence-electron chi connectivity index (χ4n) is 2.35. The van der Waals surface area contributed by atoms with E-state index in [4.69, 9.17) is 0 Å². The van der Waals surface area contributed by atoms with Crippen LogP contribution in [0.15, 0.2) is 35.6 Å². The van der Waals surface area contributed by atoms with Crippen molar-refractivity contribution in [3.05, 3.63) is 42.0 Å². The van der Waals surface area contributed by atoms with E-state index >= 15 is 0 Å². The Kier molecular flexibility index (Phi) is 10.5. The van der Waals surface area contributed by atoms with Gasteiger partial charge >= 0.3 is 0 Å². The Morgan fingerprint density at radius 2 is 2.07 bits per heavy atom. The van der Waals surface area contributed by atoms with Crippen molar-refractivity contribution in [2.45, 2.75) is 40.3 Å². The summed E-state index contributed by atoms with van der Waals surface area (Å²) >= 11 is 0. The first kappa shape index (κ1) is 23.9. The standard InChI is InChI=1S/C19H29N7O.HI/c1-5-14(3)18(27)25-16-9-7-8-15(10-16)11-21-19(20-6-2)22-12-17-23-13-24-26(17)4;/h7-10,13-14H,5-6,11-12H2,1-4H3,(H,25,27)(H2,20,21,22);1H. The van der Waals surface area contributed by atoms with Gasteiger partial charge < -0.3 is 16.0 Å². The molecule has 1 atom stereocenters. The smallest absolute Gasteiger partial charge is 0.227 e. The van der Waals surface area contributed by atoms with Crippen molar-refractivity contribution >= 4 is 41.5 Å². The van der Waals surface area contributed by atoms with E-state index in [-0.39, 0.29) is 35.8 Å². The molecule has 0 saturated heterocycles. The van der Waals surface area contributed by atoms with Crippen molar-refractivity contribution in [1.29, 1.82) is 0 Å². The minimum Gasteiger partial charge on any atom is -0.357 e. The molecule has 0 radical (unpaired) electrons. The second-order valence-electron chi connectivity index (χ2n) is 6.35. The van der Waals surface area contributed by atoms with Gasteiger partial charge in [0.1, 0.15) is 12.2 Å². The minimum atomic E-state index is -0.00292. The number of aliphatic imine (C=N–C) groups is 1. The second-order valence-corrected chi connectivity index (χ2v) is 6.35. The molecule has 28 heavy (non-hydrogen) atoms. The summed E-state index contributed by atoms with van der Waals surface area (Å²) < 4.78 is 1.72. The van der Waals surface area contributed by atoms with Crippen LogP contribution in [0.25, 0.3) is 0 Å². The highest BCUT2D eigenvalue weighted by Gasteiger charge is 2.10. The number of benzene rings is 1. The van der Waals surface area contributed by atoms with Crippen molar-refractivity contribution in [3.8, 4) is 0 Å². The van der Waals surface area contributed by atoms with E-state index in [1.165, 1.54) is 6.33 Å². The minimum absolute atomic E-state index is 0. The molecule has 9 heteroatoms. The molecular formula is C19H30IN7O. The Balaban J connectivity index is 0.00000392. The fourth-order valence-corrected chi connectivity index (χ4v) is 2.35. The summed E-state index contributed by atoms with van der Waals surface area (Å²) in [4.78, 5) is 20.9. The zero-order chi connectivity index (χ0) is 19.6. The SMILES string of the molecule is CCNC(=NCc1cccc(NC(=O)C(C)CC)c1)NCc1ncnn1C.I. The summed E-state index contributed by atoms with van der Waals surface area (Å²) in [6.07, 6.45) is 2.35. The number of anilines is 1. The van der Waals surface area contributed by atoms with Crippen LogP contribution in [0, 0.1) is 5.92 Å². The number of amides is 1. The van der Waals surface area contributed by atoms with Crippen LogP contribution < -0.4 is 16.0 Å². The van der Waals surface area contributed by atoms with Gasteiger partial charge in [-0.05, 0) is 31.0 Å². The molecule has 3 N–H and O–H groups in total. The number of hydrogen-bond donors (Lipinski definition) is 3. The van der Waals surface area contributed by atoms with Crippen LogP contribution in [0.1, 0.15) is 38.6 Å². The van der Waals surface area contributed by atoms with Crippen LogP contribution >= 0.6 is 24.0 Å². The molecule has 0 aliphatic heterocycles. The first-order chi connectivity index (χ1) is 13.0. The first-order valence-corrected chi connectivity index (χ1v) is 9.28. The Hall–Kier alpha value is -2.17. The summed E-state index contributed by atoms with van der Waals surface area (Å²) in [5.41, 5.74) is 1.82. The van der Waals surface area contributed by atoms with E-state index in [0.29, 0.717) is 19.0 Å². The van der Waals surface area contributed by atoms with Crippen LogP contribution in [0.3, 0.4) is 0 Å². The Bertz CT molecular complexity index is 775. The highest BCUT2D eigenvalue weighted by Crippen LogP contribution is 2.13. The first-order valence-electron chi connectivity index (χ1n) is 9.28. The number of aryl methyl sites for hydroxylation is 1. The lowest BCUT2D eigenvalue weighted by Crippen LogP contribution is -2.37. The Morgan fingerprint density at radius 3 is 2.71 bits per heavy atom. The molecule has 0 spiro atoms. The monoisotopic (exact) mass is 499 g/mol. The molecule has 2 rings (SSSR count). The summed E-state index contributed by atoms with van der Waals surface area (Å²) in [7, 11) is 1.85. The number of hydrogen-bond acceptors (Lipinski definition) is 4. The van der Waals surface area contributed by atoms with Gasteiger partial charge in [-0.15, -0.1) is 24.0 Å². The lowest BCUT2D eigenvalue weighted by molar-refractivity contribution is -0.119. The Morgan fingerprint density at radius 1 is 1.29 bits per heavy atom. The summed E-state index contributed by atoms with van der Waals surface area (Å²) in [6, 6.07) is 7.77. The number of guanidine groups is 1. The Labute approximate surface area is 183 Å². The second kappa shape index (κ2) is 12.3. The maximum Gasteiger partial charge on any atom is 0.227 e. The van der Waals surface area contributed by atoms with Crippen LogP contribution in [-0.4, -0.2) is 33.2 Å². The van der Waals surface area contributed by atoms with Crippen LogP contribution in [-0.2, 0) is 24.9 Å². The number of carbonyl (C=O) groups is 1. The highest BCUT2D eigenvalue weighted by atomic mass is 127. The highest BCUT2D eigenvalue weighted by molar-refractivity contribution is 14.0. The molecule has 0 aliphatic rings. The average Bonchev–Trinajstić information content (AvgIpc) is 3.08. The molecular weight excluding hydrogens is 469 g/mol. The fraction of sp³-hybridized carbons (Fsp3) is 0.474. The molecule has 1 aromatic carbocycles. The molecule has 1 unspecified atom stereocenters. The molecule has 0 saturated carbocycles. The molecule has 0 bridgehead atoms. The predicted octanol–water partition coefficient (Wildman–Crippen LogP) is 2.67. The number of nitrogens with one attached hydrogen (secondary N) is 3. The van der Waals surface area contributed by atoms with Gasteiger partial charge in [0.25, 0.3) is 0 Å². The van der Waals surface area contributed by atoms with Crippen molar-refractivity contribution < 1.29 is 4.79 Å². The molecule has 154 valence electrons. The van der Waals surface area contributed by atoms with Crippen LogP contribution in [0.4, 0.5) is 5.69 Å². The number of rotatable bonds is 8. The van der Waals surface area contributed by atoms with Gasteiger partial charge in [-0.2, -0.15) is 5.10 Å². The molecule has 1 amide bonds. The summed E-state index contributed by atoms with van der Waals surface area (Å²) in [5.74, 6) is 1.57. The maximum atomic E-state index is 12.1. The lowest BCUT2D eigenvalue weighted by Gasteiger charge is -2.12. The van der Waals surface area contributed by atoms with E-state index in [1.54, 1.807) is 4.68 Å². The normalized spacial score (nSPS) is 12.1. The quantitative estimate of drug-likeness (QED) is 0.295. The summed E-state index contributed by atoms with van der Waals surface area (Å²) in [6.45, 7) is 7.75. The van der Waals surface area contributed by atoms with Crippen LogP contribution in [0.2, 0.25) is 0 Å². The number of nitrogens with zero attached hydrogens (tertiary/aromatic N) is 4. The molecule has 2 aromatic rings. The van der Waals surface area contributed by atoms with Gasteiger partial charge in [0.2, 0.25) is 5.91 Å². The molecule has 1 heterocycles. The van der Waals surface area contributed by atoms with E-state index in [9.17, 15) is 4.79 Å². The van der Waals surface area contributed by atoms with E-state index in [2.05, 4.69) is 31.0 Å². The number of aromatic nitrogens is 3. The average molecular weight is 499 g/mol. The topological polar surface area (TPSA) is 96.2 Å². The largest absolute Gasteiger partial charge is 0.357 e. The van der Waals surface area contributed by atoms with Crippen molar-refractivity contribution in [3.63, 3.8) is 0 Å². The third-order valence-corrected chi connectivity index (χ3v) is 4.24. The van der Waals surface area contributed by atoms with Gasteiger partial charge in [-0.25, -0.2) is 9.98 Å². The van der Waals surface area contributed by atoms with Gasteiger partial charge in [0.15, 0.2) is 5.96 Å². The van der Waals surface area contributed by atoms with E-state index < -0.39 is 0 Å². The number of carbonyl (C=O) groups excluding carboxylic acids is 1. The van der Waals surface area contributed by atoms with E-state index in [1.807, 2.05) is 52.1 Å². The third kappa shape index (κ3) is 7.45. The molecule has 0 aliphatic carbocycles.